The van der Waals surface area contributed by atoms with Crippen LogP contribution in [0.1, 0.15) is 45.2 Å². The maximum atomic E-state index is 13.9. The molecule has 8 heteroatoms. The molecule has 2 unspecified atom stereocenters. The highest BCUT2D eigenvalue weighted by atomic mass is 127. The number of hydrogen-bond donors (Lipinski definition) is 3. The zero-order valence-electron chi connectivity index (χ0n) is 19.1. The fourth-order valence-electron chi connectivity index (χ4n) is 3.95. The second-order valence-electron chi connectivity index (χ2n) is 8.33. The number of benzene rings is 1. The first kappa shape index (κ1) is 28.1. The predicted octanol–water partition coefficient (Wildman–Crippen LogP) is 3.42. The molecule has 1 aliphatic rings. The van der Waals surface area contributed by atoms with Crippen molar-refractivity contribution >= 4 is 29.9 Å². The number of aliphatic hydroxyl groups is 1. The number of nitrogens with zero attached hydrogens (tertiary/aromatic N) is 2. The molecule has 1 heterocycles. The molecule has 1 aliphatic heterocycles. The van der Waals surface area contributed by atoms with Crippen LogP contribution in [-0.2, 0) is 4.74 Å². The number of ether oxygens (including phenoxy) is 1. The van der Waals surface area contributed by atoms with Gasteiger partial charge in [0.2, 0.25) is 0 Å². The van der Waals surface area contributed by atoms with Gasteiger partial charge in [-0.1, -0.05) is 26.0 Å². The van der Waals surface area contributed by atoms with Crippen molar-refractivity contribution in [2.45, 2.75) is 39.7 Å². The molecule has 1 aromatic rings. The maximum Gasteiger partial charge on any atom is 0.191 e. The molecule has 178 valence electrons. The summed E-state index contributed by atoms with van der Waals surface area (Å²) in [4.78, 5) is 7.12. The summed E-state index contributed by atoms with van der Waals surface area (Å²) in [7, 11) is 0. The molecule has 6 nitrogen and oxygen atoms in total. The van der Waals surface area contributed by atoms with Gasteiger partial charge < -0.3 is 20.5 Å². The first-order chi connectivity index (χ1) is 14.5. The van der Waals surface area contributed by atoms with E-state index in [2.05, 4.69) is 29.4 Å². The van der Waals surface area contributed by atoms with Crippen LogP contribution >= 0.6 is 24.0 Å². The van der Waals surface area contributed by atoms with Crippen molar-refractivity contribution in [2.24, 2.45) is 16.8 Å². The van der Waals surface area contributed by atoms with Crippen LogP contribution in [0, 0.1) is 17.7 Å². The number of hydrogen-bond acceptors (Lipinski definition) is 4. The van der Waals surface area contributed by atoms with Crippen molar-refractivity contribution in [1.29, 1.82) is 0 Å². The molecule has 1 fully saturated rings. The maximum absolute atomic E-state index is 13.9. The van der Waals surface area contributed by atoms with Gasteiger partial charge in [-0.2, -0.15) is 0 Å². The lowest BCUT2D eigenvalue weighted by molar-refractivity contribution is 0.0169. The van der Waals surface area contributed by atoms with Gasteiger partial charge in [-0.05, 0) is 49.3 Å². The molecule has 0 saturated carbocycles. The van der Waals surface area contributed by atoms with Crippen LogP contribution in [0.5, 0.6) is 0 Å². The Morgan fingerprint density at radius 1 is 1.26 bits per heavy atom. The molecule has 0 radical (unpaired) electrons. The Balaban J connectivity index is 0.00000480. The Morgan fingerprint density at radius 2 is 2.00 bits per heavy atom. The Hall–Kier alpha value is -0.970. The van der Waals surface area contributed by atoms with E-state index in [0.29, 0.717) is 38.1 Å². The van der Waals surface area contributed by atoms with Crippen molar-refractivity contribution in [3.05, 3.63) is 35.6 Å². The zero-order valence-corrected chi connectivity index (χ0v) is 21.5. The quantitative estimate of drug-likeness (QED) is 0.224. The highest BCUT2D eigenvalue weighted by molar-refractivity contribution is 14.0. The van der Waals surface area contributed by atoms with Gasteiger partial charge in [0.05, 0.1) is 19.3 Å². The van der Waals surface area contributed by atoms with E-state index in [1.54, 1.807) is 12.1 Å². The smallest absolute Gasteiger partial charge is 0.191 e. The number of aliphatic imine (C=N–C) groups is 1. The van der Waals surface area contributed by atoms with Crippen LogP contribution in [0.2, 0.25) is 0 Å². The lowest BCUT2D eigenvalue weighted by Gasteiger charge is -2.35. The highest BCUT2D eigenvalue weighted by Crippen LogP contribution is 2.22. The van der Waals surface area contributed by atoms with Gasteiger partial charge in [0.25, 0.3) is 0 Å². The average Bonchev–Trinajstić information content (AvgIpc) is 2.72. The van der Waals surface area contributed by atoms with Gasteiger partial charge in [0.15, 0.2) is 5.96 Å². The van der Waals surface area contributed by atoms with Crippen LogP contribution in [-0.4, -0.2) is 68.5 Å². The Kier molecular flexibility index (Phi) is 14.3. The van der Waals surface area contributed by atoms with Gasteiger partial charge in [-0.3, -0.25) is 9.89 Å². The van der Waals surface area contributed by atoms with Crippen molar-refractivity contribution in [1.82, 2.24) is 15.5 Å². The third kappa shape index (κ3) is 10.5. The summed E-state index contributed by atoms with van der Waals surface area (Å²) in [5.41, 5.74) is 0.957. The van der Waals surface area contributed by atoms with E-state index in [1.807, 2.05) is 13.0 Å². The molecule has 1 aromatic carbocycles. The monoisotopic (exact) mass is 550 g/mol. The van der Waals surface area contributed by atoms with E-state index in [4.69, 9.17) is 9.73 Å². The minimum atomic E-state index is -0.216. The number of aliphatic hydroxyl groups excluding tert-OH is 1. The first-order valence-corrected chi connectivity index (χ1v) is 11.2. The summed E-state index contributed by atoms with van der Waals surface area (Å²) in [5.74, 6) is 1.49. The zero-order chi connectivity index (χ0) is 21.8. The van der Waals surface area contributed by atoms with Crippen LogP contribution in [0.25, 0.3) is 0 Å². The van der Waals surface area contributed by atoms with Crippen LogP contribution in [0.3, 0.4) is 0 Å². The third-order valence-corrected chi connectivity index (χ3v) is 5.38. The van der Waals surface area contributed by atoms with Crippen LogP contribution < -0.4 is 10.6 Å². The average molecular weight is 551 g/mol. The Morgan fingerprint density at radius 3 is 2.61 bits per heavy atom. The molecule has 0 spiro atoms. The molecule has 0 aliphatic carbocycles. The summed E-state index contributed by atoms with van der Waals surface area (Å²) in [6.07, 6.45) is 1.81. The topological polar surface area (TPSA) is 69.1 Å². The second-order valence-corrected chi connectivity index (χ2v) is 8.33. The van der Waals surface area contributed by atoms with Crippen molar-refractivity contribution in [3.63, 3.8) is 0 Å². The van der Waals surface area contributed by atoms with E-state index in [9.17, 15) is 9.50 Å². The minimum absolute atomic E-state index is 0. The normalized spacial score (nSPS) is 17.2. The van der Waals surface area contributed by atoms with Gasteiger partial charge in [-0.15, -0.1) is 24.0 Å². The molecule has 0 bridgehead atoms. The van der Waals surface area contributed by atoms with Gasteiger partial charge in [0, 0.05) is 39.3 Å². The fourth-order valence-corrected chi connectivity index (χ4v) is 3.95. The van der Waals surface area contributed by atoms with Gasteiger partial charge >= 0.3 is 0 Å². The van der Waals surface area contributed by atoms with E-state index in [1.165, 1.54) is 6.07 Å². The number of nitrogens with one attached hydrogen (secondary N) is 2. The fraction of sp³-hybridized carbons (Fsp3) is 0.696. The van der Waals surface area contributed by atoms with Gasteiger partial charge in [-0.25, -0.2) is 4.39 Å². The van der Waals surface area contributed by atoms with Crippen molar-refractivity contribution < 1.29 is 14.2 Å². The van der Waals surface area contributed by atoms with E-state index in [-0.39, 0.29) is 42.4 Å². The molecule has 1 saturated heterocycles. The molecule has 0 amide bonds. The minimum Gasteiger partial charge on any atom is -0.396 e. The SMILES string of the molecule is CCNC(=NCC(CCO)CC(C)C)NCC(c1cccc(F)c1)N1CCOCC1.I. The lowest BCUT2D eigenvalue weighted by atomic mass is 9.94. The summed E-state index contributed by atoms with van der Waals surface area (Å²) in [5, 5.41) is 16.1. The molecular formula is C23H40FIN4O2. The Labute approximate surface area is 204 Å². The number of halogens is 2. The second kappa shape index (κ2) is 15.8. The van der Waals surface area contributed by atoms with Crippen molar-refractivity contribution in [2.75, 3.05) is 52.5 Å². The number of guanidine groups is 1. The van der Waals surface area contributed by atoms with Crippen molar-refractivity contribution in [3.8, 4) is 0 Å². The molecular weight excluding hydrogens is 510 g/mol. The third-order valence-electron chi connectivity index (χ3n) is 5.38. The molecule has 0 aromatic heterocycles. The summed E-state index contributed by atoms with van der Waals surface area (Å²) in [6.45, 7) is 11.7. The largest absolute Gasteiger partial charge is 0.396 e. The summed E-state index contributed by atoms with van der Waals surface area (Å²) in [6, 6.07) is 6.88. The standard InChI is InChI=1S/C23H39FN4O2.HI/c1-4-25-23(26-16-19(8-11-29)14-18(2)3)27-17-22(28-9-12-30-13-10-28)20-6-5-7-21(24)15-20;/h5-7,15,18-19,22,29H,4,8-14,16-17H2,1-3H3,(H2,25,26,27);1H. The molecule has 2 atom stereocenters. The molecule has 31 heavy (non-hydrogen) atoms. The first-order valence-electron chi connectivity index (χ1n) is 11.2. The predicted molar refractivity (Wildman–Crippen MR) is 136 cm³/mol. The summed E-state index contributed by atoms with van der Waals surface area (Å²) >= 11 is 0. The molecule has 2 rings (SSSR count). The number of rotatable bonds is 11. The van der Waals surface area contributed by atoms with E-state index < -0.39 is 0 Å². The van der Waals surface area contributed by atoms with Crippen LogP contribution in [0.15, 0.2) is 29.3 Å². The van der Waals surface area contributed by atoms with E-state index in [0.717, 1.165) is 44.0 Å². The lowest BCUT2D eigenvalue weighted by Crippen LogP contribution is -2.46. The van der Waals surface area contributed by atoms with E-state index >= 15 is 0 Å². The summed E-state index contributed by atoms with van der Waals surface area (Å²) < 4.78 is 19.4. The Bertz CT molecular complexity index is 642. The number of morpholine rings is 1. The van der Waals surface area contributed by atoms with Gasteiger partial charge in [0.1, 0.15) is 5.82 Å². The molecule has 3 N–H and O–H groups in total. The highest BCUT2D eigenvalue weighted by Gasteiger charge is 2.23. The van der Waals surface area contributed by atoms with Crippen LogP contribution in [0.4, 0.5) is 4.39 Å².